The second-order valence-corrected chi connectivity index (χ2v) is 2.38. The summed E-state index contributed by atoms with van der Waals surface area (Å²) < 4.78 is 38.8. The van der Waals surface area contributed by atoms with Crippen LogP contribution in [-0.4, -0.2) is 5.16 Å². The minimum Gasteiger partial charge on any atom is -0.204 e. The summed E-state index contributed by atoms with van der Waals surface area (Å²) in [6.45, 7) is 0. The van der Waals surface area contributed by atoms with Crippen LogP contribution in [0.15, 0.2) is 11.1 Å². The van der Waals surface area contributed by atoms with E-state index < -0.39 is 28.7 Å². The molecule has 0 heterocycles. The topological polar surface area (TPSA) is 36.1 Å². The van der Waals surface area contributed by atoms with Crippen molar-refractivity contribution in [2.24, 2.45) is 4.99 Å². The summed E-state index contributed by atoms with van der Waals surface area (Å²) in [6.07, 6.45) is 0. The maximum atomic E-state index is 13.0. The first-order valence-corrected chi connectivity index (χ1v) is 3.68. The Balaban J connectivity index is 3.58. The molecule has 2 nitrogen and oxygen atoms in total. The number of thiocarbonyl (C=S) groups is 1. The van der Waals surface area contributed by atoms with E-state index in [1.165, 1.54) is 6.07 Å². The van der Waals surface area contributed by atoms with Gasteiger partial charge in [-0.15, -0.1) is 0 Å². The molecule has 0 spiro atoms. The van der Waals surface area contributed by atoms with Crippen LogP contribution in [0.5, 0.6) is 0 Å². The van der Waals surface area contributed by atoms with Gasteiger partial charge in [0.1, 0.15) is 11.8 Å². The molecule has 0 amide bonds. The molecule has 1 aromatic rings. The summed E-state index contributed by atoms with van der Waals surface area (Å²) in [5.41, 5.74) is -1.60. The number of hydrogen-bond donors (Lipinski definition) is 0. The third-order valence-electron chi connectivity index (χ3n) is 1.41. The van der Waals surface area contributed by atoms with E-state index in [0.717, 1.165) is 0 Å². The van der Waals surface area contributed by atoms with E-state index in [0.29, 0.717) is 6.07 Å². The quantitative estimate of drug-likeness (QED) is 0.409. The van der Waals surface area contributed by atoms with E-state index in [1.54, 1.807) is 5.16 Å². The molecule has 0 fully saturated rings. The molecule has 1 aromatic carbocycles. The minimum absolute atomic E-state index is 0.546. The van der Waals surface area contributed by atoms with Gasteiger partial charge in [-0.05, 0) is 18.3 Å². The monoisotopic (exact) mass is 214 g/mol. The highest BCUT2D eigenvalue weighted by atomic mass is 32.1. The molecule has 0 saturated carbocycles. The molecule has 0 atom stereocenters. The number of rotatable bonds is 1. The molecule has 0 aliphatic heterocycles. The van der Waals surface area contributed by atoms with Crippen LogP contribution in [-0.2, 0) is 0 Å². The molecule has 0 radical (unpaired) electrons. The summed E-state index contributed by atoms with van der Waals surface area (Å²) in [4.78, 5) is 3.01. The van der Waals surface area contributed by atoms with Crippen LogP contribution in [0.4, 0.5) is 18.9 Å². The molecule has 0 bridgehead atoms. The van der Waals surface area contributed by atoms with Crippen molar-refractivity contribution < 1.29 is 13.2 Å². The number of nitrogens with zero attached hydrogens (tertiary/aromatic N) is 2. The zero-order chi connectivity index (χ0) is 10.7. The van der Waals surface area contributed by atoms with Gasteiger partial charge in [0.25, 0.3) is 0 Å². The van der Waals surface area contributed by atoms with Gasteiger partial charge < -0.3 is 0 Å². The highest BCUT2D eigenvalue weighted by Crippen LogP contribution is 2.26. The lowest BCUT2D eigenvalue weighted by molar-refractivity contribution is 0.496. The van der Waals surface area contributed by atoms with Crippen LogP contribution < -0.4 is 0 Å². The van der Waals surface area contributed by atoms with Gasteiger partial charge in [0.15, 0.2) is 17.5 Å². The Morgan fingerprint density at radius 1 is 1.29 bits per heavy atom. The summed E-state index contributed by atoms with van der Waals surface area (Å²) in [5, 5.41) is 10.0. The first kappa shape index (κ1) is 10.4. The van der Waals surface area contributed by atoms with Gasteiger partial charge in [-0.3, -0.25) is 0 Å². The van der Waals surface area contributed by atoms with Crippen LogP contribution in [0.2, 0.25) is 0 Å². The molecule has 0 saturated heterocycles. The average Bonchev–Trinajstić information content (AvgIpc) is 2.18. The van der Waals surface area contributed by atoms with Gasteiger partial charge in [-0.1, -0.05) is 0 Å². The summed E-state index contributed by atoms with van der Waals surface area (Å²) in [7, 11) is 0. The Morgan fingerprint density at radius 2 is 1.93 bits per heavy atom. The molecule has 0 aliphatic rings. The van der Waals surface area contributed by atoms with Gasteiger partial charge >= 0.3 is 0 Å². The molecule has 0 unspecified atom stereocenters. The normalized spacial score (nSPS) is 9.00. The number of nitriles is 1. The van der Waals surface area contributed by atoms with Crippen LogP contribution in [0.25, 0.3) is 0 Å². The standard InChI is InChI=1S/C8HF3N2S/c9-5-1-4(2-12)6(10)7(11)8(5)13-3-14/h1H. The molecule has 14 heavy (non-hydrogen) atoms. The predicted octanol–water partition coefficient (Wildman–Crippen LogP) is 2.71. The highest BCUT2D eigenvalue weighted by Gasteiger charge is 2.17. The third kappa shape index (κ3) is 1.64. The van der Waals surface area contributed by atoms with Crippen molar-refractivity contribution in [1.82, 2.24) is 0 Å². The second-order valence-electron chi connectivity index (χ2n) is 2.20. The number of benzene rings is 1. The fourth-order valence-electron chi connectivity index (χ4n) is 0.815. The fourth-order valence-corrected chi connectivity index (χ4v) is 0.906. The maximum Gasteiger partial charge on any atom is 0.189 e. The lowest BCUT2D eigenvalue weighted by atomic mass is 10.2. The Hall–Kier alpha value is -1.70. The molecule has 0 aliphatic carbocycles. The zero-order valence-electron chi connectivity index (χ0n) is 6.51. The number of aliphatic imine (C=N–C) groups is 1. The molecule has 1 rings (SSSR count). The number of isothiocyanates is 1. The van der Waals surface area contributed by atoms with E-state index in [9.17, 15) is 13.2 Å². The molecular weight excluding hydrogens is 213 g/mol. The number of halogens is 3. The van der Waals surface area contributed by atoms with E-state index >= 15 is 0 Å². The Labute approximate surface area is 82.3 Å². The van der Waals surface area contributed by atoms with Crippen molar-refractivity contribution in [1.29, 1.82) is 5.26 Å². The van der Waals surface area contributed by atoms with Gasteiger partial charge in [0, 0.05) is 0 Å². The molecule has 0 aromatic heterocycles. The second kappa shape index (κ2) is 4.01. The van der Waals surface area contributed by atoms with Gasteiger partial charge in [-0.25, -0.2) is 13.2 Å². The first-order chi connectivity index (χ1) is 6.61. The van der Waals surface area contributed by atoms with Gasteiger partial charge in [0.2, 0.25) is 0 Å². The SMILES string of the molecule is N#Cc1cc(F)c(N=C=S)c(F)c1F. The van der Waals surface area contributed by atoms with Crippen LogP contribution in [0, 0.1) is 28.8 Å². The van der Waals surface area contributed by atoms with Crippen LogP contribution in [0.3, 0.4) is 0 Å². The Kier molecular flexibility index (Phi) is 2.97. The summed E-state index contributed by atoms with van der Waals surface area (Å²) in [5.74, 6) is -4.14. The van der Waals surface area contributed by atoms with Crippen molar-refractivity contribution in [3.05, 3.63) is 29.1 Å². The highest BCUT2D eigenvalue weighted by molar-refractivity contribution is 7.78. The van der Waals surface area contributed by atoms with Gasteiger partial charge in [-0.2, -0.15) is 10.3 Å². The molecular formula is C8HF3N2S. The zero-order valence-corrected chi connectivity index (χ0v) is 7.33. The lowest BCUT2D eigenvalue weighted by Crippen LogP contribution is -1.93. The molecule has 6 heteroatoms. The van der Waals surface area contributed by atoms with Crippen LogP contribution in [0.1, 0.15) is 5.56 Å². The average molecular weight is 214 g/mol. The Morgan fingerprint density at radius 3 is 2.43 bits per heavy atom. The largest absolute Gasteiger partial charge is 0.204 e. The fraction of sp³-hybridized carbons (Fsp3) is 0. The van der Waals surface area contributed by atoms with Crippen molar-refractivity contribution in [3.8, 4) is 6.07 Å². The lowest BCUT2D eigenvalue weighted by Gasteiger charge is -1.99. The van der Waals surface area contributed by atoms with Crippen molar-refractivity contribution in [2.45, 2.75) is 0 Å². The van der Waals surface area contributed by atoms with Crippen molar-refractivity contribution in [2.75, 3.05) is 0 Å². The van der Waals surface area contributed by atoms with E-state index in [1.807, 2.05) is 0 Å². The smallest absolute Gasteiger partial charge is 0.189 e. The molecule has 0 N–H and O–H groups in total. The van der Waals surface area contributed by atoms with E-state index in [-0.39, 0.29) is 0 Å². The van der Waals surface area contributed by atoms with E-state index in [2.05, 4.69) is 17.2 Å². The molecule has 70 valence electrons. The predicted molar refractivity (Wildman–Crippen MR) is 45.7 cm³/mol. The van der Waals surface area contributed by atoms with Crippen molar-refractivity contribution in [3.63, 3.8) is 0 Å². The van der Waals surface area contributed by atoms with Gasteiger partial charge in [0.05, 0.1) is 10.7 Å². The third-order valence-corrected chi connectivity index (χ3v) is 1.50. The minimum atomic E-state index is -1.54. The summed E-state index contributed by atoms with van der Waals surface area (Å²) in [6, 6.07) is 1.85. The first-order valence-electron chi connectivity index (χ1n) is 3.27. The Bertz CT molecular complexity index is 472. The number of hydrogen-bond acceptors (Lipinski definition) is 3. The van der Waals surface area contributed by atoms with Crippen LogP contribution >= 0.6 is 12.2 Å². The van der Waals surface area contributed by atoms with E-state index in [4.69, 9.17) is 5.26 Å². The van der Waals surface area contributed by atoms with Crippen molar-refractivity contribution >= 4 is 23.1 Å². The summed E-state index contributed by atoms with van der Waals surface area (Å²) >= 11 is 4.12. The maximum absolute atomic E-state index is 13.0.